The van der Waals surface area contributed by atoms with Crippen LogP contribution in [0.5, 0.6) is 0 Å². The van der Waals surface area contributed by atoms with Crippen molar-refractivity contribution in [2.75, 3.05) is 18.1 Å². The normalized spacial score (nSPS) is 32.0. The Kier molecular flexibility index (Phi) is 4.36. The van der Waals surface area contributed by atoms with Crippen molar-refractivity contribution < 1.29 is 4.74 Å². The average Bonchev–Trinajstić information content (AvgIpc) is 2.61. The summed E-state index contributed by atoms with van der Waals surface area (Å²) in [6, 6.07) is 6.82. The number of hydrogen-bond donors (Lipinski definition) is 1. The first kappa shape index (κ1) is 14.9. The molecule has 2 nitrogen and oxygen atoms in total. The molecule has 0 bridgehead atoms. The van der Waals surface area contributed by atoms with Crippen molar-refractivity contribution in [3.8, 4) is 0 Å². The van der Waals surface area contributed by atoms with Gasteiger partial charge < -0.3 is 10.1 Å². The Hall–Kier alpha value is -0.670. The first-order valence-electron chi connectivity index (χ1n) is 8.92. The van der Waals surface area contributed by atoms with Gasteiger partial charge in [-0.2, -0.15) is 0 Å². The Morgan fingerprint density at radius 1 is 1.05 bits per heavy atom. The van der Waals surface area contributed by atoms with Crippen LogP contribution in [0.1, 0.15) is 56.6 Å². The summed E-state index contributed by atoms with van der Waals surface area (Å²) in [7, 11) is 0. The third kappa shape index (κ3) is 2.78. The molecule has 1 aromatic carbocycles. The van der Waals surface area contributed by atoms with Crippen molar-refractivity contribution in [1.29, 1.82) is 0 Å². The van der Waals surface area contributed by atoms with Crippen LogP contribution in [-0.2, 0) is 4.74 Å². The molecule has 1 saturated carbocycles. The van der Waals surface area contributed by atoms with Gasteiger partial charge in [-0.25, -0.2) is 0 Å². The second-order valence-corrected chi connectivity index (χ2v) is 8.04. The third-order valence-electron chi connectivity index (χ3n) is 5.87. The van der Waals surface area contributed by atoms with Gasteiger partial charge in [-0.05, 0) is 56.1 Å². The summed E-state index contributed by atoms with van der Waals surface area (Å²) in [6.07, 6.45) is 12.6. The SMILES string of the molecule is CSc1ccc2c(c1)C1OC(C3CCCCC3)CCC1CN2. The molecule has 120 valence electrons. The molecule has 3 unspecified atom stereocenters. The van der Waals surface area contributed by atoms with Crippen molar-refractivity contribution in [3.05, 3.63) is 23.8 Å². The lowest BCUT2D eigenvalue weighted by Crippen LogP contribution is -2.40. The Morgan fingerprint density at radius 3 is 2.73 bits per heavy atom. The van der Waals surface area contributed by atoms with Gasteiger partial charge in [0.2, 0.25) is 0 Å². The fourth-order valence-corrected chi connectivity index (χ4v) is 5.04. The first-order chi connectivity index (χ1) is 10.8. The minimum absolute atomic E-state index is 0.323. The van der Waals surface area contributed by atoms with E-state index in [-0.39, 0.29) is 0 Å². The van der Waals surface area contributed by atoms with Gasteiger partial charge in [0, 0.05) is 28.6 Å². The van der Waals surface area contributed by atoms with Gasteiger partial charge in [0.25, 0.3) is 0 Å². The molecule has 0 spiro atoms. The maximum atomic E-state index is 6.71. The second-order valence-electron chi connectivity index (χ2n) is 7.16. The summed E-state index contributed by atoms with van der Waals surface area (Å²) in [5.74, 6) is 1.47. The number of nitrogens with one attached hydrogen (secondary N) is 1. The molecule has 22 heavy (non-hydrogen) atoms. The number of benzene rings is 1. The molecule has 0 radical (unpaired) electrons. The first-order valence-corrected chi connectivity index (χ1v) is 10.1. The molecule has 3 aliphatic rings. The number of ether oxygens (including phenoxy) is 1. The van der Waals surface area contributed by atoms with E-state index in [9.17, 15) is 0 Å². The number of fused-ring (bicyclic) bond motifs is 3. The van der Waals surface area contributed by atoms with Gasteiger partial charge in [0.1, 0.15) is 0 Å². The number of thioether (sulfide) groups is 1. The Balaban J connectivity index is 1.57. The maximum Gasteiger partial charge on any atom is 0.0894 e. The molecule has 3 heteroatoms. The van der Waals surface area contributed by atoms with E-state index in [1.54, 1.807) is 0 Å². The fourth-order valence-electron chi connectivity index (χ4n) is 4.59. The molecule has 2 fully saturated rings. The predicted molar refractivity (Wildman–Crippen MR) is 93.6 cm³/mol. The zero-order valence-electron chi connectivity index (χ0n) is 13.5. The molecule has 1 N–H and O–H groups in total. The number of hydrogen-bond acceptors (Lipinski definition) is 3. The van der Waals surface area contributed by atoms with Crippen molar-refractivity contribution in [1.82, 2.24) is 0 Å². The molecular formula is C19H27NOS. The Morgan fingerprint density at radius 2 is 1.91 bits per heavy atom. The van der Waals surface area contributed by atoms with E-state index >= 15 is 0 Å². The molecule has 0 aromatic heterocycles. The smallest absolute Gasteiger partial charge is 0.0894 e. The quantitative estimate of drug-likeness (QED) is 0.753. The van der Waals surface area contributed by atoms with Gasteiger partial charge in [-0.3, -0.25) is 0 Å². The highest BCUT2D eigenvalue weighted by Crippen LogP contribution is 2.46. The van der Waals surface area contributed by atoms with Crippen LogP contribution < -0.4 is 5.32 Å². The van der Waals surface area contributed by atoms with Crippen LogP contribution >= 0.6 is 11.8 Å². The second kappa shape index (κ2) is 6.45. The highest BCUT2D eigenvalue weighted by Gasteiger charge is 2.39. The molecule has 0 amide bonds. The topological polar surface area (TPSA) is 21.3 Å². The Bertz CT molecular complexity index is 526. The van der Waals surface area contributed by atoms with Crippen molar-refractivity contribution in [3.63, 3.8) is 0 Å². The summed E-state index contributed by atoms with van der Waals surface area (Å²) in [5, 5.41) is 3.62. The number of rotatable bonds is 2. The van der Waals surface area contributed by atoms with Crippen molar-refractivity contribution in [2.45, 2.75) is 62.0 Å². The van der Waals surface area contributed by atoms with Crippen molar-refractivity contribution in [2.24, 2.45) is 11.8 Å². The minimum Gasteiger partial charge on any atom is -0.384 e. The highest BCUT2D eigenvalue weighted by atomic mass is 32.2. The largest absolute Gasteiger partial charge is 0.384 e. The van der Waals surface area contributed by atoms with Gasteiger partial charge in [0.05, 0.1) is 12.2 Å². The predicted octanol–water partition coefficient (Wildman–Crippen LogP) is 5.25. The zero-order chi connectivity index (χ0) is 14.9. The number of anilines is 1. The lowest BCUT2D eigenvalue weighted by Gasteiger charge is -2.44. The summed E-state index contributed by atoms with van der Waals surface area (Å²) < 4.78 is 6.71. The van der Waals surface area contributed by atoms with Crippen LogP contribution in [0.15, 0.2) is 23.1 Å². The maximum absolute atomic E-state index is 6.71. The third-order valence-corrected chi connectivity index (χ3v) is 6.59. The zero-order valence-corrected chi connectivity index (χ0v) is 14.3. The van der Waals surface area contributed by atoms with E-state index in [4.69, 9.17) is 4.74 Å². The van der Waals surface area contributed by atoms with Crippen LogP contribution in [0.2, 0.25) is 0 Å². The van der Waals surface area contributed by atoms with Gasteiger partial charge in [-0.1, -0.05) is 19.3 Å². The summed E-state index contributed by atoms with van der Waals surface area (Å²) in [4.78, 5) is 1.35. The van der Waals surface area contributed by atoms with Gasteiger partial charge in [-0.15, -0.1) is 11.8 Å². The Labute approximate surface area is 138 Å². The molecule has 2 aliphatic heterocycles. The van der Waals surface area contributed by atoms with E-state index in [2.05, 4.69) is 29.8 Å². The van der Waals surface area contributed by atoms with E-state index in [0.717, 1.165) is 12.5 Å². The van der Waals surface area contributed by atoms with E-state index in [1.807, 2.05) is 11.8 Å². The van der Waals surface area contributed by atoms with Crippen LogP contribution in [0.25, 0.3) is 0 Å². The average molecular weight is 317 g/mol. The monoisotopic (exact) mass is 317 g/mol. The molecule has 4 rings (SSSR count). The highest BCUT2D eigenvalue weighted by molar-refractivity contribution is 7.98. The van der Waals surface area contributed by atoms with Crippen LogP contribution in [0, 0.1) is 11.8 Å². The van der Waals surface area contributed by atoms with Crippen LogP contribution in [0.3, 0.4) is 0 Å². The molecular weight excluding hydrogens is 290 g/mol. The van der Waals surface area contributed by atoms with Crippen LogP contribution in [0.4, 0.5) is 5.69 Å². The van der Waals surface area contributed by atoms with E-state index in [1.165, 1.54) is 61.1 Å². The molecule has 1 saturated heterocycles. The summed E-state index contributed by atoms with van der Waals surface area (Å²) >= 11 is 1.83. The lowest BCUT2D eigenvalue weighted by molar-refractivity contribution is -0.113. The summed E-state index contributed by atoms with van der Waals surface area (Å²) in [5.41, 5.74) is 2.70. The van der Waals surface area contributed by atoms with Gasteiger partial charge in [0.15, 0.2) is 0 Å². The van der Waals surface area contributed by atoms with Crippen molar-refractivity contribution >= 4 is 17.4 Å². The standard InChI is InChI=1S/C19H27NOS/c1-22-15-8-9-17-16(11-15)19-14(12-20-17)7-10-18(21-19)13-5-3-2-4-6-13/h8-9,11,13-14,18-20H,2-7,10,12H2,1H3. The lowest BCUT2D eigenvalue weighted by atomic mass is 9.78. The molecule has 1 aliphatic carbocycles. The van der Waals surface area contributed by atoms with Crippen LogP contribution in [-0.4, -0.2) is 18.9 Å². The van der Waals surface area contributed by atoms with E-state index < -0.39 is 0 Å². The minimum atomic E-state index is 0.323. The van der Waals surface area contributed by atoms with E-state index in [0.29, 0.717) is 18.1 Å². The summed E-state index contributed by atoms with van der Waals surface area (Å²) in [6.45, 7) is 1.08. The molecule has 1 aromatic rings. The van der Waals surface area contributed by atoms with Gasteiger partial charge >= 0.3 is 0 Å². The molecule has 3 atom stereocenters. The molecule has 2 heterocycles. The fraction of sp³-hybridized carbons (Fsp3) is 0.684.